The van der Waals surface area contributed by atoms with Gasteiger partial charge in [-0.1, -0.05) is 12.1 Å². The summed E-state index contributed by atoms with van der Waals surface area (Å²) >= 11 is 0. The largest absolute Gasteiger partial charge is 0.485 e. The average Bonchev–Trinajstić information content (AvgIpc) is 2.72. The van der Waals surface area contributed by atoms with Crippen molar-refractivity contribution >= 4 is 17.3 Å². The minimum Gasteiger partial charge on any atom is -0.485 e. The number of piperidine rings is 1. The lowest BCUT2D eigenvalue weighted by Crippen LogP contribution is -2.43. The van der Waals surface area contributed by atoms with E-state index in [2.05, 4.69) is 15.4 Å². The van der Waals surface area contributed by atoms with Crippen molar-refractivity contribution in [2.24, 2.45) is 5.10 Å². The number of nitrogens with zero attached hydrogens (tertiary/aromatic N) is 2. The lowest BCUT2D eigenvalue weighted by molar-refractivity contribution is -0.130. The predicted octanol–water partition coefficient (Wildman–Crippen LogP) is 2.74. The number of nitrogens with one attached hydrogen (secondary N) is 1. The molecule has 1 unspecified atom stereocenters. The van der Waals surface area contributed by atoms with Crippen LogP contribution in [-0.4, -0.2) is 37.4 Å². The second-order valence-corrected chi connectivity index (χ2v) is 6.48. The summed E-state index contributed by atoms with van der Waals surface area (Å²) in [6.45, 7) is 1.71. The topological polar surface area (TPSA) is 63.2 Å². The molecular weight excluding hydrogens is 349 g/mol. The van der Waals surface area contributed by atoms with Gasteiger partial charge in [0.05, 0.1) is 0 Å². The predicted molar refractivity (Wildman–Crippen MR) is 99.8 cm³/mol. The van der Waals surface area contributed by atoms with Crippen LogP contribution in [0.15, 0.2) is 53.6 Å². The molecule has 2 heterocycles. The highest BCUT2D eigenvalue weighted by atomic mass is 19.1. The number of rotatable bonds is 3. The first-order valence-corrected chi connectivity index (χ1v) is 8.93. The third-order valence-electron chi connectivity index (χ3n) is 4.66. The molecule has 2 aromatic rings. The Morgan fingerprint density at radius 1 is 1.07 bits per heavy atom. The number of para-hydroxylation sites is 2. The second kappa shape index (κ2) is 7.65. The van der Waals surface area contributed by atoms with Crippen LogP contribution < -0.4 is 19.8 Å². The Balaban J connectivity index is 1.29. The van der Waals surface area contributed by atoms with Crippen molar-refractivity contribution in [1.82, 2.24) is 5.43 Å². The van der Waals surface area contributed by atoms with Gasteiger partial charge in [-0.2, -0.15) is 5.10 Å². The summed E-state index contributed by atoms with van der Waals surface area (Å²) in [6, 6.07) is 13.7. The van der Waals surface area contributed by atoms with E-state index in [1.807, 2.05) is 12.1 Å². The number of carbonyl (C=O) groups excluding carboxylic acids is 1. The molecule has 1 N–H and O–H groups in total. The Morgan fingerprint density at radius 2 is 1.78 bits per heavy atom. The van der Waals surface area contributed by atoms with Crippen LogP contribution in [0.25, 0.3) is 0 Å². The van der Waals surface area contributed by atoms with Crippen molar-refractivity contribution < 1.29 is 18.7 Å². The average molecular weight is 369 g/mol. The summed E-state index contributed by atoms with van der Waals surface area (Å²) in [5.74, 6) is 0.639. The van der Waals surface area contributed by atoms with Crippen LogP contribution in [0.2, 0.25) is 0 Å². The molecule has 1 amide bonds. The van der Waals surface area contributed by atoms with E-state index >= 15 is 0 Å². The first-order chi connectivity index (χ1) is 13.2. The number of hydrazone groups is 1. The van der Waals surface area contributed by atoms with E-state index in [1.54, 1.807) is 24.3 Å². The van der Waals surface area contributed by atoms with Crippen LogP contribution in [0, 0.1) is 5.82 Å². The van der Waals surface area contributed by atoms with Crippen LogP contribution in [0.1, 0.15) is 12.8 Å². The maximum Gasteiger partial charge on any atom is 0.284 e. The van der Waals surface area contributed by atoms with E-state index in [0.717, 1.165) is 37.3 Å². The van der Waals surface area contributed by atoms with Crippen LogP contribution in [0.4, 0.5) is 10.1 Å². The molecule has 0 saturated carbocycles. The number of amides is 1. The molecule has 140 valence electrons. The fraction of sp³-hybridized carbons (Fsp3) is 0.300. The van der Waals surface area contributed by atoms with Crippen molar-refractivity contribution in [3.8, 4) is 11.5 Å². The molecule has 0 aromatic heterocycles. The Bertz CT molecular complexity index is 844. The molecule has 2 aromatic carbocycles. The highest BCUT2D eigenvalue weighted by Crippen LogP contribution is 2.30. The molecule has 2 aliphatic rings. The third-order valence-corrected chi connectivity index (χ3v) is 4.66. The molecule has 1 atom stereocenters. The first-order valence-electron chi connectivity index (χ1n) is 8.93. The molecular formula is C20H20FN3O3. The van der Waals surface area contributed by atoms with Crippen molar-refractivity contribution in [1.29, 1.82) is 0 Å². The van der Waals surface area contributed by atoms with Gasteiger partial charge in [0.25, 0.3) is 5.91 Å². The number of fused-ring (bicyclic) bond motifs is 1. The SMILES string of the molecule is O=C(NN=C1CCN(c2ccc(F)cc2)CC1)C1COc2ccccc2O1. The summed E-state index contributed by atoms with van der Waals surface area (Å²) < 4.78 is 24.3. The van der Waals surface area contributed by atoms with Crippen LogP contribution in [0.5, 0.6) is 11.5 Å². The zero-order valence-corrected chi connectivity index (χ0v) is 14.7. The smallest absolute Gasteiger partial charge is 0.284 e. The van der Waals surface area contributed by atoms with E-state index in [-0.39, 0.29) is 18.3 Å². The zero-order chi connectivity index (χ0) is 18.6. The van der Waals surface area contributed by atoms with E-state index in [9.17, 15) is 9.18 Å². The number of hydrogen-bond donors (Lipinski definition) is 1. The molecule has 0 aliphatic carbocycles. The van der Waals surface area contributed by atoms with Crippen molar-refractivity contribution in [3.05, 3.63) is 54.3 Å². The summed E-state index contributed by atoms with van der Waals surface area (Å²) in [6.07, 6.45) is 0.758. The Hall–Kier alpha value is -3.09. The summed E-state index contributed by atoms with van der Waals surface area (Å²) in [5, 5.41) is 4.25. The Kier molecular flexibility index (Phi) is 4.91. The summed E-state index contributed by atoms with van der Waals surface area (Å²) in [7, 11) is 0. The van der Waals surface area contributed by atoms with E-state index in [0.29, 0.717) is 11.5 Å². The van der Waals surface area contributed by atoms with E-state index in [1.165, 1.54) is 12.1 Å². The molecule has 27 heavy (non-hydrogen) atoms. The van der Waals surface area contributed by atoms with Gasteiger partial charge in [0.15, 0.2) is 11.5 Å². The second-order valence-electron chi connectivity index (χ2n) is 6.48. The van der Waals surface area contributed by atoms with Crippen LogP contribution in [-0.2, 0) is 4.79 Å². The first kappa shape index (κ1) is 17.3. The maximum atomic E-state index is 13.0. The van der Waals surface area contributed by atoms with Gasteiger partial charge < -0.3 is 14.4 Å². The Morgan fingerprint density at radius 3 is 2.52 bits per heavy atom. The van der Waals surface area contributed by atoms with Gasteiger partial charge in [-0.15, -0.1) is 0 Å². The number of ether oxygens (including phenoxy) is 2. The summed E-state index contributed by atoms with van der Waals surface area (Å²) in [4.78, 5) is 14.5. The maximum absolute atomic E-state index is 13.0. The van der Waals surface area contributed by atoms with Crippen molar-refractivity contribution in [2.45, 2.75) is 18.9 Å². The number of carbonyl (C=O) groups is 1. The molecule has 2 aliphatic heterocycles. The highest BCUT2D eigenvalue weighted by molar-refractivity contribution is 5.89. The molecule has 4 rings (SSSR count). The van der Waals surface area contributed by atoms with Gasteiger partial charge in [0.1, 0.15) is 12.4 Å². The molecule has 1 saturated heterocycles. The third kappa shape index (κ3) is 4.02. The lowest BCUT2D eigenvalue weighted by atomic mass is 10.1. The van der Waals surface area contributed by atoms with Crippen molar-refractivity contribution in [3.63, 3.8) is 0 Å². The quantitative estimate of drug-likeness (QED) is 0.845. The summed E-state index contributed by atoms with van der Waals surface area (Å²) in [5.41, 5.74) is 4.51. The van der Waals surface area contributed by atoms with E-state index in [4.69, 9.17) is 9.47 Å². The lowest BCUT2D eigenvalue weighted by Gasteiger charge is -2.29. The van der Waals surface area contributed by atoms with Gasteiger partial charge >= 0.3 is 0 Å². The fourth-order valence-electron chi connectivity index (χ4n) is 3.14. The normalized spacial score (nSPS) is 18.8. The Labute approximate surface area is 156 Å². The van der Waals surface area contributed by atoms with Crippen molar-refractivity contribution in [2.75, 3.05) is 24.6 Å². The highest BCUT2D eigenvalue weighted by Gasteiger charge is 2.27. The van der Waals surface area contributed by atoms with Gasteiger partial charge in [0, 0.05) is 37.3 Å². The zero-order valence-electron chi connectivity index (χ0n) is 14.7. The number of anilines is 1. The molecule has 6 nitrogen and oxygen atoms in total. The van der Waals surface area contributed by atoms with Gasteiger partial charge in [-0.25, -0.2) is 9.82 Å². The number of hydrogen-bond acceptors (Lipinski definition) is 5. The number of halogens is 1. The molecule has 0 spiro atoms. The fourth-order valence-corrected chi connectivity index (χ4v) is 3.14. The van der Waals surface area contributed by atoms with Crippen LogP contribution in [0.3, 0.4) is 0 Å². The molecule has 0 bridgehead atoms. The number of benzene rings is 2. The van der Waals surface area contributed by atoms with E-state index < -0.39 is 6.10 Å². The monoisotopic (exact) mass is 369 g/mol. The van der Waals surface area contributed by atoms with Gasteiger partial charge in [0.2, 0.25) is 6.10 Å². The van der Waals surface area contributed by atoms with Gasteiger partial charge in [-0.3, -0.25) is 4.79 Å². The van der Waals surface area contributed by atoms with Crippen LogP contribution >= 0.6 is 0 Å². The molecule has 0 radical (unpaired) electrons. The van der Waals surface area contributed by atoms with Gasteiger partial charge in [-0.05, 0) is 36.4 Å². The minimum atomic E-state index is -0.719. The molecule has 7 heteroatoms. The molecule has 1 fully saturated rings. The minimum absolute atomic E-state index is 0.159. The standard InChI is InChI=1S/C20H20FN3O3/c21-14-5-7-16(8-6-14)24-11-9-15(10-12-24)22-23-20(25)19-13-26-17-3-1-2-4-18(17)27-19/h1-8,19H,9-13H2,(H,23,25).